The van der Waals surface area contributed by atoms with Gasteiger partial charge in [0.05, 0.1) is 12.5 Å². The fourth-order valence-electron chi connectivity index (χ4n) is 2.57. The molecule has 2 N–H and O–H groups in total. The number of carbonyl (C=O) groups is 2. The molecule has 2 rings (SSSR count). The number of benzene rings is 1. The van der Waals surface area contributed by atoms with Crippen LogP contribution in [0, 0.1) is 19.8 Å². The Bertz CT molecular complexity index is 535. The zero-order valence-electron chi connectivity index (χ0n) is 12.4. The highest BCUT2D eigenvalue weighted by molar-refractivity contribution is 5.86. The van der Waals surface area contributed by atoms with Gasteiger partial charge in [-0.1, -0.05) is 18.2 Å². The fourth-order valence-corrected chi connectivity index (χ4v) is 2.57. The van der Waals surface area contributed by atoms with E-state index in [9.17, 15) is 14.7 Å². The van der Waals surface area contributed by atoms with Gasteiger partial charge in [0.2, 0.25) is 5.91 Å². The molecule has 1 aromatic rings. The van der Waals surface area contributed by atoms with Gasteiger partial charge in [-0.2, -0.15) is 0 Å². The maximum atomic E-state index is 12.2. The normalized spacial score (nSPS) is 19.8. The maximum Gasteiger partial charge on any atom is 0.330 e. The van der Waals surface area contributed by atoms with Gasteiger partial charge >= 0.3 is 5.97 Å². The van der Waals surface area contributed by atoms with E-state index in [1.54, 1.807) is 6.07 Å². The van der Waals surface area contributed by atoms with E-state index in [1.165, 1.54) is 0 Å². The van der Waals surface area contributed by atoms with Crippen molar-refractivity contribution in [2.45, 2.75) is 32.7 Å². The average molecular weight is 291 g/mol. The van der Waals surface area contributed by atoms with E-state index >= 15 is 0 Å². The van der Waals surface area contributed by atoms with Crippen LogP contribution in [0.2, 0.25) is 0 Å². The van der Waals surface area contributed by atoms with Gasteiger partial charge in [-0.3, -0.25) is 4.79 Å². The second kappa shape index (κ2) is 6.72. The third-order valence-corrected chi connectivity index (χ3v) is 4.02. The predicted molar refractivity (Wildman–Crippen MR) is 78.0 cm³/mol. The molecule has 1 saturated heterocycles. The standard InChI is InChI=1S/C16H21NO4/c1-10-5-3-7-13(11(10)2)14(16(19)20)17-15(18)12-6-4-8-21-9-12/h3,5,7,12,14H,4,6,8-9H2,1-2H3,(H,17,18)(H,19,20)/t12-,14+/m1/s1. The van der Waals surface area contributed by atoms with Gasteiger partial charge in [-0.15, -0.1) is 0 Å². The molecule has 0 bridgehead atoms. The van der Waals surface area contributed by atoms with Crippen LogP contribution >= 0.6 is 0 Å². The molecule has 1 amide bonds. The van der Waals surface area contributed by atoms with Crippen LogP contribution in [0.15, 0.2) is 18.2 Å². The predicted octanol–water partition coefficient (Wildman–Crippen LogP) is 1.97. The van der Waals surface area contributed by atoms with Crippen LogP contribution in [0.3, 0.4) is 0 Å². The van der Waals surface area contributed by atoms with E-state index in [2.05, 4.69) is 5.32 Å². The molecule has 5 nitrogen and oxygen atoms in total. The Morgan fingerprint density at radius 1 is 1.38 bits per heavy atom. The molecule has 1 aliphatic heterocycles. The molecule has 0 saturated carbocycles. The molecule has 0 aromatic heterocycles. The number of ether oxygens (including phenoxy) is 1. The lowest BCUT2D eigenvalue weighted by molar-refractivity contribution is -0.143. The van der Waals surface area contributed by atoms with Crippen LogP contribution in [0.1, 0.15) is 35.6 Å². The molecule has 114 valence electrons. The first-order valence-corrected chi connectivity index (χ1v) is 7.17. The second-order valence-electron chi connectivity index (χ2n) is 5.48. The second-order valence-corrected chi connectivity index (χ2v) is 5.48. The number of amides is 1. The Labute approximate surface area is 124 Å². The van der Waals surface area contributed by atoms with Gasteiger partial charge in [-0.05, 0) is 43.4 Å². The van der Waals surface area contributed by atoms with Crippen molar-refractivity contribution < 1.29 is 19.4 Å². The van der Waals surface area contributed by atoms with Crippen molar-refractivity contribution in [2.75, 3.05) is 13.2 Å². The largest absolute Gasteiger partial charge is 0.479 e. The molecule has 1 heterocycles. The SMILES string of the molecule is Cc1cccc([C@H](NC(=O)[C@@H]2CCCOC2)C(=O)O)c1C. The molecular weight excluding hydrogens is 270 g/mol. The lowest BCUT2D eigenvalue weighted by Crippen LogP contribution is -2.40. The minimum Gasteiger partial charge on any atom is -0.479 e. The summed E-state index contributed by atoms with van der Waals surface area (Å²) in [6, 6.07) is 4.47. The van der Waals surface area contributed by atoms with Crippen LogP contribution < -0.4 is 5.32 Å². The summed E-state index contributed by atoms with van der Waals surface area (Å²) in [4.78, 5) is 23.8. The van der Waals surface area contributed by atoms with Crippen molar-refractivity contribution in [1.82, 2.24) is 5.32 Å². The highest BCUT2D eigenvalue weighted by Gasteiger charge is 2.28. The zero-order valence-corrected chi connectivity index (χ0v) is 12.4. The number of aryl methyl sites for hydroxylation is 1. The molecule has 1 aromatic carbocycles. The monoisotopic (exact) mass is 291 g/mol. The summed E-state index contributed by atoms with van der Waals surface area (Å²) in [5, 5.41) is 12.1. The molecule has 0 radical (unpaired) electrons. The summed E-state index contributed by atoms with van der Waals surface area (Å²) in [6.45, 7) is 4.83. The van der Waals surface area contributed by atoms with Crippen molar-refractivity contribution in [3.63, 3.8) is 0 Å². The molecule has 0 aliphatic carbocycles. The van der Waals surface area contributed by atoms with E-state index < -0.39 is 12.0 Å². The number of hydrogen-bond acceptors (Lipinski definition) is 3. The summed E-state index contributed by atoms with van der Waals surface area (Å²) in [5.74, 6) is -1.55. The van der Waals surface area contributed by atoms with E-state index in [1.807, 2.05) is 26.0 Å². The molecular formula is C16H21NO4. The van der Waals surface area contributed by atoms with Gasteiger partial charge in [0.1, 0.15) is 0 Å². The first kappa shape index (κ1) is 15.5. The van der Waals surface area contributed by atoms with E-state index in [4.69, 9.17) is 4.74 Å². The third-order valence-electron chi connectivity index (χ3n) is 4.02. The smallest absolute Gasteiger partial charge is 0.330 e. The molecule has 21 heavy (non-hydrogen) atoms. The number of carboxylic acids is 1. The zero-order chi connectivity index (χ0) is 15.4. The maximum absolute atomic E-state index is 12.2. The Kier molecular flexibility index (Phi) is 4.96. The first-order valence-electron chi connectivity index (χ1n) is 7.17. The van der Waals surface area contributed by atoms with Gasteiger partial charge in [0, 0.05) is 6.61 Å². The number of aliphatic carboxylic acids is 1. The van der Waals surface area contributed by atoms with Crippen LogP contribution in [-0.4, -0.2) is 30.2 Å². The molecule has 0 unspecified atom stereocenters. The highest BCUT2D eigenvalue weighted by Crippen LogP contribution is 2.22. The van der Waals surface area contributed by atoms with Crippen LogP contribution in [0.25, 0.3) is 0 Å². The van der Waals surface area contributed by atoms with Crippen LogP contribution in [0.4, 0.5) is 0 Å². The van der Waals surface area contributed by atoms with Crippen molar-refractivity contribution in [3.05, 3.63) is 34.9 Å². The van der Waals surface area contributed by atoms with E-state index in [0.717, 1.165) is 24.0 Å². The van der Waals surface area contributed by atoms with Crippen LogP contribution in [0.5, 0.6) is 0 Å². The Morgan fingerprint density at radius 3 is 2.76 bits per heavy atom. The lowest BCUT2D eigenvalue weighted by Gasteiger charge is -2.24. The van der Waals surface area contributed by atoms with Gasteiger partial charge in [0.25, 0.3) is 0 Å². The molecule has 1 fully saturated rings. The number of hydrogen-bond donors (Lipinski definition) is 2. The van der Waals surface area contributed by atoms with E-state index in [0.29, 0.717) is 18.8 Å². The lowest BCUT2D eigenvalue weighted by atomic mass is 9.96. The van der Waals surface area contributed by atoms with Crippen molar-refractivity contribution in [1.29, 1.82) is 0 Å². The summed E-state index contributed by atoms with van der Waals surface area (Å²) in [7, 11) is 0. The molecule has 0 spiro atoms. The highest BCUT2D eigenvalue weighted by atomic mass is 16.5. The number of rotatable bonds is 4. The minimum atomic E-state index is -1.05. The van der Waals surface area contributed by atoms with Crippen molar-refractivity contribution in [2.24, 2.45) is 5.92 Å². The summed E-state index contributed by atoms with van der Waals surface area (Å²) in [6.07, 6.45) is 1.57. The van der Waals surface area contributed by atoms with Gasteiger partial charge in [0.15, 0.2) is 6.04 Å². The topological polar surface area (TPSA) is 75.6 Å². The number of carbonyl (C=O) groups excluding carboxylic acids is 1. The fraction of sp³-hybridized carbons (Fsp3) is 0.500. The third kappa shape index (κ3) is 3.61. The summed E-state index contributed by atoms with van der Waals surface area (Å²) in [5.41, 5.74) is 2.53. The quantitative estimate of drug-likeness (QED) is 0.889. The van der Waals surface area contributed by atoms with Crippen LogP contribution in [-0.2, 0) is 14.3 Å². The Morgan fingerprint density at radius 2 is 2.14 bits per heavy atom. The molecule has 5 heteroatoms. The molecule has 2 atom stereocenters. The van der Waals surface area contributed by atoms with Crippen molar-refractivity contribution >= 4 is 11.9 Å². The summed E-state index contributed by atoms with van der Waals surface area (Å²) < 4.78 is 5.29. The Balaban J connectivity index is 2.17. The Hall–Kier alpha value is -1.88. The van der Waals surface area contributed by atoms with Crippen molar-refractivity contribution in [3.8, 4) is 0 Å². The first-order chi connectivity index (χ1) is 10.0. The minimum absolute atomic E-state index is 0.247. The van der Waals surface area contributed by atoms with Gasteiger partial charge in [-0.25, -0.2) is 4.79 Å². The summed E-state index contributed by atoms with van der Waals surface area (Å²) >= 11 is 0. The van der Waals surface area contributed by atoms with E-state index in [-0.39, 0.29) is 11.8 Å². The average Bonchev–Trinajstić information content (AvgIpc) is 2.48. The molecule has 1 aliphatic rings. The van der Waals surface area contributed by atoms with Gasteiger partial charge < -0.3 is 15.2 Å². The number of carboxylic acid groups (broad SMARTS) is 1. The number of nitrogens with one attached hydrogen (secondary N) is 1.